The lowest BCUT2D eigenvalue weighted by Gasteiger charge is -2.21. The first-order valence-corrected chi connectivity index (χ1v) is 41.8. The normalized spacial score (nSPS) is 14.4. The van der Waals surface area contributed by atoms with Crippen LogP contribution in [0.4, 0.5) is 0 Å². The Hall–Kier alpha value is -3.76. The zero-order valence-corrected chi connectivity index (χ0v) is 63.7. The zero-order valence-electron chi connectivity index (χ0n) is 62.0. The van der Waals surface area contributed by atoms with Crippen molar-refractivity contribution in [2.24, 2.45) is 0 Å². The Morgan fingerprint density at radius 3 is 0.837 bits per heavy atom. The molecule has 0 saturated carbocycles. The second-order valence-corrected chi connectivity index (χ2v) is 28.8. The Kier molecular flexibility index (Phi) is 68.9. The van der Waals surface area contributed by atoms with Gasteiger partial charge >= 0.3 is 39.5 Å². The summed E-state index contributed by atoms with van der Waals surface area (Å²) in [7, 11) is -9.95. The van der Waals surface area contributed by atoms with E-state index in [4.69, 9.17) is 37.0 Å². The van der Waals surface area contributed by atoms with E-state index in [0.717, 1.165) is 141 Å². The van der Waals surface area contributed by atoms with Crippen molar-refractivity contribution in [3.8, 4) is 0 Å². The van der Waals surface area contributed by atoms with Crippen molar-refractivity contribution >= 4 is 39.5 Å². The standard InChI is InChI=1S/C79H140O17P2/c1-5-9-13-17-21-25-29-33-35-36-38-41-44-48-52-56-60-64-77(82)90-70-75(96-79(84)66-62-58-54-50-46-42-37-34-30-26-22-18-14-10-6-2)72-94-98(87,88)92-68-73(80)67-91-97(85,86)93-71-74(95-78(83)65-61-57-53-49-45-40-32-28-24-20-16-12-8-4)69-89-76(81)63-59-55-51-47-43-39-31-27-23-19-15-11-7-3/h9-10,13-14,21-22,25-26,33-35,37,46,50,73-75,80H,5-8,11-12,15-20,23-24,27-32,36,38-45,47-49,51-72H2,1-4H3,(H,85,86)(H,87,88)/b13-9-,14-10-,25-21-,26-22-,35-33-,37-34-,50-46-. The van der Waals surface area contributed by atoms with Crippen LogP contribution in [0, 0.1) is 0 Å². The second kappa shape index (κ2) is 71.6. The van der Waals surface area contributed by atoms with Crippen LogP contribution in [-0.2, 0) is 65.4 Å². The lowest BCUT2D eigenvalue weighted by Crippen LogP contribution is -2.30. The highest BCUT2D eigenvalue weighted by Crippen LogP contribution is 2.45. The highest BCUT2D eigenvalue weighted by molar-refractivity contribution is 7.47. The average molecular weight is 1420 g/mol. The number of hydrogen-bond donors (Lipinski definition) is 3. The van der Waals surface area contributed by atoms with Crippen molar-refractivity contribution in [1.82, 2.24) is 0 Å². The van der Waals surface area contributed by atoms with Gasteiger partial charge in [0.1, 0.15) is 19.3 Å². The van der Waals surface area contributed by atoms with Gasteiger partial charge in [0.15, 0.2) is 12.2 Å². The summed E-state index contributed by atoms with van der Waals surface area (Å²) in [5.41, 5.74) is 0. The van der Waals surface area contributed by atoms with E-state index in [0.29, 0.717) is 32.1 Å². The Morgan fingerprint density at radius 1 is 0.296 bits per heavy atom. The summed E-state index contributed by atoms with van der Waals surface area (Å²) in [6.07, 6.45) is 72.8. The van der Waals surface area contributed by atoms with Crippen LogP contribution in [0.3, 0.4) is 0 Å². The summed E-state index contributed by atoms with van der Waals surface area (Å²) in [6.45, 7) is 4.64. The van der Waals surface area contributed by atoms with Crippen LogP contribution in [0.15, 0.2) is 85.1 Å². The molecule has 0 radical (unpaired) electrons. The number of esters is 4. The highest BCUT2D eigenvalue weighted by Gasteiger charge is 2.30. The predicted octanol–water partition coefficient (Wildman–Crippen LogP) is 22.2. The molecule has 0 rings (SSSR count). The molecule has 5 atom stereocenters. The molecular weight excluding hydrogens is 1280 g/mol. The SMILES string of the molecule is CC/C=C\C/C=C\C/C=C\C/C=C\CCCCC(=O)OC(COC(=O)CCCCCCCCC/C=C\C/C=C\C/C=C\CC)COP(=O)(O)OCC(O)COP(=O)(O)OCC(COC(=O)CCCCCCCCCCCCCCC)OC(=O)CCCCCCCCCCCCCCC. The van der Waals surface area contributed by atoms with Crippen LogP contribution in [-0.4, -0.2) is 96.7 Å². The Labute approximate surface area is 595 Å². The van der Waals surface area contributed by atoms with Crippen LogP contribution in [0.2, 0.25) is 0 Å². The predicted molar refractivity (Wildman–Crippen MR) is 399 cm³/mol. The molecule has 0 aromatic carbocycles. The van der Waals surface area contributed by atoms with Crippen molar-refractivity contribution in [3.05, 3.63) is 85.1 Å². The van der Waals surface area contributed by atoms with Gasteiger partial charge in [-0.1, -0.05) is 299 Å². The van der Waals surface area contributed by atoms with Gasteiger partial charge in [0, 0.05) is 25.7 Å². The van der Waals surface area contributed by atoms with E-state index >= 15 is 0 Å². The fourth-order valence-electron chi connectivity index (χ4n) is 10.5. The number of phosphoric ester groups is 2. The summed E-state index contributed by atoms with van der Waals surface area (Å²) in [5.74, 6) is -2.21. The van der Waals surface area contributed by atoms with E-state index in [2.05, 4.69) is 113 Å². The topological polar surface area (TPSA) is 237 Å². The monoisotopic (exact) mass is 1420 g/mol. The first kappa shape index (κ1) is 94.2. The maximum Gasteiger partial charge on any atom is 0.472 e. The van der Waals surface area contributed by atoms with Crippen LogP contribution < -0.4 is 0 Å². The van der Waals surface area contributed by atoms with Crippen molar-refractivity contribution < 1.29 is 80.2 Å². The van der Waals surface area contributed by atoms with Crippen molar-refractivity contribution in [2.45, 2.75) is 354 Å². The average Bonchev–Trinajstić information content (AvgIpc) is 1.02. The molecule has 0 aliphatic heterocycles. The number of carbonyl (C=O) groups is 4. The molecule has 17 nitrogen and oxygen atoms in total. The number of ether oxygens (including phenoxy) is 4. The molecule has 0 amide bonds. The number of allylic oxidation sites excluding steroid dienone is 14. The van der Waals surface area contributed by atoms with Gasteiger partial charge in [0.2, 0.25) is 0 Å². The number of rotatable bonds is 73. The summed E-state index contributed by atoms with van der Waals surface area (Å²) in [5, 5.41) is 10.6. The largest absolute Gasteiger partial charge is 0.472 e. The van der Waals surface area contributed by atoms with Crippen LogP contribution in [0.5, 0.6) is 0 Å². The number of carbonyl (C=O) groups excluding carboxylic acids is 4. The lowest BCUT2D eigenvalue weighted by molar-refractivity contribution is -0.161. The van der Waals surface area contributed by atoms with Crippen molar-refractivity contribution in [2.75, 3.05) is 39.6 Å². The van der Waals surface area contributed by atoms with Crippen LogP contribution in [0.1, 0.15) is 336 Å². The van der Waals surface area contributed by atoms with Gasteiger partial charge in [-0.05, 0) is 96.3 Å². The van der Waals surface area contributed by atoms with E-state index in [-0.39, 0.29) is 25.7 Å². The molecule has 0 saturated heterocycles. The fourth-order valence-corrected chi connectivity index (χ4v) is 12.1. The molecular formula is C79H140O17P2. The smallest absolute Gasteiger partial charge is 0.462 e. The second-order valence-electron chi connectivity index (χ2n) is 25.9. The molecule has 568 valence electrons. The minimum atomic E-state index is -4.98. The number of unbranched alkanes of at least 4 members (excludes halogenated alkanes) is 33. The Bertz CT molecular complexity index is 2190. The number of aliphatic hydroxyl groups excluding tert-OH is 1. The molecule has 0 aromatic heterocycles. The van der Waals surface area contributed by atoms with Crippen molar-refractivity contribution in [3.63, 3.8) is 0 Å². The summed E-state index contributed by atoms with van der Waals surface area (Å²) >= 11 is 0. The van der Waals surface area contributed by atoms with Gasteiger partial charge in [-0.3, -0.25) is 37.3 Å². The summed E-state index contributed by atoms with van der Waals surface area (Å²) in [4.78, 5) is 72.9. The molecule has 5 unspecified atom stereocenters. The molecule has 0 spiro atoms. The van der Waals surface area contributed by atoms with E-state index in [1.807, 2.05) is 0 Å². The fraction of sp³-hybridized carbons (Fsp3) is 0.772. The van der Waals surface area contributed by atoms with Gasteiger partial charge < -0.3 is 33.8 Å². The van der Waals surface area contributed by atoms with Crippen molar-refractivity contribution in [1.29, 1.82) is 0 Å². The Morgan fingerprint density at radius 2 is 0.531 bits per heavy atom. The quantitative estimate of drug-likeness (QED) is 0.0169. The maximum absolute atomic E-state index is 13.1. The van der Waals surface area contributed by atoms with Gasteiger partial charge in [0.05, 0.1) is 26.4 Å². The molecule has 0 bridgehead atoms. The molecule has 0 heterocycles. The number of hydrogen-bond acceptors (Lipinski definition) is 15. The minimum absolute atomic E-state index is 0.0416. The van der Waals surface area contributed by atoms with E-state index < -0.39 is 97.5 Å². The van der Waals surface area contributed by atoms with Crippen LogP contribution in [0.25, 0.3) is 0 Å². The minimum Gasteiger partial charge on any atom is -0.462 e. The highest BCUT2D eigenvalue weighted by atomic mass is 31.2. The molecule has 0 aromatic rings. The zero-order chi connectivity index (χ0) is 71.8. The van der Waals surface area contributed by atoms with E-state index in [1.54, 1.807) is 0 Å². The van der Waals surface area contributed by atoms with Crippen LogP contribution >= 0.6 is 15.6 Å². The van der Waals surface area contributed by atoms with E-state index in [1.165, 1.54) is 109 Å². The molecule has 98 heavy (non-hydrogen) atoms. The summed E-state index contributed by atoms with van der Waals surface area (Å²) < 4.78 is 68.5. The lowest BCUT2D eigenvalue weighted by atomic mass is 10.0. The molecule has 3 N–H and O–H groups in total. The van der Waals surface area contributed by atoms with Gasteiger partial charge in [-0.15, -0.1) is 0 Å². The molecule has 0 fully saturated rings. The van der Waals surface area contributed by atoms with Gasteiger partial charge in [0.25, 0.3) is 0 Å². The molecule has 19 heteroatoms. The first-order chi connectivity index (χ1) is 47.7. The number of phosphoric acid groups is 2. The summed E-state index contributed by atoms with van der Waals surface area (Å²) in [6, 6.07) is 0. The molecule has 0 aliphatic carbocycles. The van der Waals surface area contributed by atoms with Gasteiger partial charge in [-0.25, -0.2) is 9.13 Å². The first-order valence-electron chi connectivity index (χ1n) is 38.8. The van der Waals surface area contributed by atoms with E-state index in [9.17, 15) is 43.2 Å². The third-order valence-electron chi connectivity index (χ3n) is 16.4. The molecule has 0 aliphatic rings. The third-order valence-corrected chi connectivity index (χ3v) is 18.3. The van der Waals surface area contributed by atoms with Gasteiger partial charge in [-0.2, -0.15) is 0 Å². The maximum atomic E-state index is 13.1. The Balaban J connectivity index is 5.36. The third kappa shape index (κ3) is 70.7. The number of aliphatic hydroxyl groups is 1.